The van der Waals surface area contributed by atoms with Crippen LogP contribution in [0.2, 0.25) is 0 Å². The third-order valence-electron chi connectivity index (χ3n) is 3.52. The van der Waals surface area contributed by atoms with Crippen LogP contribution in [0.25, 0.3) is 11.1 Å². The van der Waals surface area contributed by atoms with Gasteiger partial charge in [-0.2, -0.15) is 18.3 Å². The molecule has 0 spiro atoms. The first kappa shape index (κ1) is 19.9. The third kappa shape index (κ3) is 4.38. The maximum atomic E-state index is 13.0. The molecule has 0 aliphatic heterocycles. The van der Waals surface area contributed by atoms with Crippen molar-refractivity contribution in [2.24, 2.45) is 7.05 Å². The van der Waals surface area contributed by atoms with E-state index in [1.165, 1.54) is 33.5 Å². The highest BCUT2D eigenvalue weighted by molar-refractivity contribution is 5.71. The molecule has 10 heteroatoms. The molecule has 2 aromatic heterocycles. The molecule has 0 amide bonds. The Balaban J connectivity index is 2.53. The summed E-state index contributed by atoms with van der Waals surface area (Å²) >= 11 is 0. The number of aryl methyl sites for hydroxylation is 1. The van der Waals surface area contributed by atoms with Crippen LogP contribution >= 0.6 is 0 Å². The summed E-state index contributed by atoms with van der Waals surface area (Å²) in [5, 5.41) is 3.90. The SMILES string of the molecule is COCCOCc1nc(C(F)(F)F)ccc1-c1cnn(C)c(=O)c1OC. The van der Waals surface area contributed by atoms with Crippen molar-refractivity contribution in [2.75, 3.05) is 27.4 Å². The van der Waals surface area contributed by atoms with E-state index in [9.17, 15) is 18.0 Å². The molecule has 2 rings (SSSR count). The Hall–Kier alpha value is -2.46. The van der Waals surface area contributed by atoms with Gasteiger partial charge in [0.2, 0.25) is 0 Å². The fraction of sp³-hybridized carbons (Fsp3) is 0.438. The van der Waals surface area contributed by atoms with Crippen molar-refractivity contribution in [2.45, 2.75) is 12.8 Å². The Labute approximate surface area is 147 Å². The Morgan fingerprint density at radius 2 is 1.88 bits per heavy atom. The molecule has 2 aromatic rings. The van der Waals surface area contributed by atoms with Crippen LogP contribution in [0.4, 0.5) is 13.2 Å². The molecule has 0 fully saturated rings. The van der Waals surface area contributed by atoms with Gasteiger partial charge in [0.05, 0.1) is 44.4 Å². The summed E-state index contributed by atoms with van der Waals surface area (Å²) in [5.74, 6) is -0.0396. The second-order valence-electron chi connectivity index (χ2n) is 5.25. The Morgan fingerprint density at radius 3 is 2.50 bits per heavy atom. The summed E-state index contributed by atoms with van der Waals surface area (Å²) in [6, 6.07) is 2.06. The number of pyridine rings is 1. The zero-order valence-corrected chi connectivity index (χ0v) is 14.5. The first-order valence-corrected chi connectivity index (χ1v) is 7.54. The van der Waals surface area contributed by atoms with Gasteiger partial charge in [-0.3, -0.25) is 4.79 Å². The van der Waals surface area contributed by atoms with Gasteiger partial charge in [-0.1, -0.05) is 6.07 Å². The van der Waals surface area contributed by atoms with E-state index in [4.69, 9.17) is 14.2 Å². The molecule has 142 valence electrons. The lowest BCUT2D eigenvalue weighted by atomic mass is 10.0. The molecule has 2 heterocycles. The van der Waals surface area contributed by atoms with E-state index in [1.54, 1.807) is 0 Å². The molecule has 7 nitrogen and oxygen atoms in total. The number of aromatic nitrogens is 3. The predicted octanol–water partition coefficient (Wildman–Crippen LogP) is 2.03. The van der Waals surface area contributed by atoms with E-state index in [-0.39, 0.29) is 42.4 Å². The Morgan fingerprint density at radius 1 is 1.15 bits per heavy atom. The number of ether oxygens (including phenoxy) is 3. The Bertz CT molecular complexity index is 821. The minimum absolute atomic E-state index is 0.0179. The summed E-state index contributed by atoms with van der Waals surface area (Å²) in [6.07, 6.45) is -3.27. The lowest BCUT2D eigenvalue weighted by molar-refractivity contribution is -0.141. The van der Waals surface area contributed by atoms with Crippen LogP contribution in [0.15, 0.2) is 23.1 Å². The fourth-order valence-corrected chi connectivity index (χ4v) is 2.23. The highest BCUT2D eigenvalue weighted by Gasteiger charge is 2.33. The molecule has 0 radical (unpaired) electrons. The molecule has 26 heavy (non-hydrogen) atoms. The van der Waals surface area contributed by atoms with Crippen molar-refractivity contribution >= 4 is 0 Å². The second kappa shape index (κ2) is 8.28. The molecule has 0 atom stereocenters. The van der Waals surface area contributed by atoms with E-state index >= 15 is 0 Å². The van der Waals surface area contributed by atoms with Gasteiger partial charge in [-0.05, 0) is 6.07 Å². The smallest absolute Gasteiger partial charge is 0.433 e. The minimum atomic E-state index is -4.60. The maximum absolute atomic E-state index is 13.0. The highest BCUT2D eigenvalue weighted by atomic mass is 19.4. The lowest BCUT2D eigenvalue weighted by Gasteiger charge is -2.15. The Kier molecular flexibility index (Phi) is 6.32. The maximum Gasteiger partial charge on any atom is 0.433 e. The van der Waals surface area contributed by atoms with Crippen molar-refractivity contribution in [3.8, 4) is 16.9 Å². The third-order valence-corrected chi connectivity index (χ3v) is 3.52. The number of alkyl halides is 3. The largest absolute Gasteiger partial charge is 0.491 e. The number of hydrogen-bond donors (Lipinski definition) is 0. The van der Waals surface area contributed by atoms with E-state index in [0.29, 0.717) is 0 Å². The minimum Gasteiger partial charge on any atom is -0.491 e. The summed E-state index contributed by atoms with van der Waals surface area (Å²) in [6.45, 7) is 0.270. The van der Waals surface area contributed by atoms with Gasteiger partial charge in [0.25, 0.3) is 0 Å². The van der Waals surface area contributed by atoms with E-state index in [2.05, 4.69) is 10.1 Å². The van der Waals surface area contributed by atoms with Crippen molar-refractivity contribution in [3.05, 3.63) is 40.1 Å². The first-order valence-electron chi connectivity index (χ1n) is 7.54. The van der Waals surface area contributed by atoms with E-state index in [0.717, 1.165) is 10.7 Å². The molecule has 0 aliphatic carbocycles. The van der Waals surface area contributed by atoms with Gasteiger partial charge in [0.15, 0.2) is 5.75 Å². The molecule has 0 unspecified atom stereocenters. The normalized spacial score (nSPS) is 11.6. The molecule has 0 saturated carbocycles. The number of halogens is 3. The van der Waals surface area contributed by atoms with Crippen molar-refractivity contribution in [1.82, 2.24) is 14.8 Å². The molecule has 0 bridgehead atoms. The number of rotatable bonds is 7. The molecule has 0 saturated heterocycles. The van der Waals surface area contributed by atoms with E-state index in [1.807, 2.05) is 0 Å². The topological polar surface area (TPSA) is 75.5 Å². The average molecular weight is 373 g/mol. The molecular weight excluding hydrogens is 355 g/mol. The van der Waals surface area contributed by atoms with Crippen molar-refractivity contribution in [3.63, 3.8) is 0 Å². The zero-order valence-electron chi connectivity index (χ0n) is 14.5. The van der Waals surface area contributed by atoms with Crippen LogP contribution in [0, 0.1) is 0 Å². The summed E-state index contributed by atoms with van der Waals surface area (Å²) in [7, 11) is 4.22. The summed E-state index contributed by atoms with van der Waals surface area (Å²) in [5.41, 5.74) is -1.04. The second-order valence-corrected chi connectivity index (χ2v) is 5.25. The summed E-state index contributed by atoms with van der Waals surface area (Å²) < 4.78 is 55.3. The first-order chi connectivity index (χ1) is 12.3. The molecular formula is C16H18F3N3O4. The molecule has 0 N–H and O–H groups in total. The quantitative estimate of drug-likeness (QED) is 0.692. The van der Waals surface area contributed by atoms with Crippen molar-refractivity contribution in [1.29, 1.82) is 0 Å². The fourth-order valence-electron chi connectivity index (χ4n) is 2.23. The summed E-state index contributed by atoms with van der Waals surface area (Å²) in [4.78, 5) is 15.8. The highest BCUT2D eigenvalue weighted by Crippen LogP contribution is 2.33. The van der Waals surface area contributed by atoms with Gasteiger partial charge < -0.3 is 14.2 Å². The van der Waals surface area contributed by atoms with Crippen LogP contribution in [0.5, 0.6) is 5.75 Å². The van der Waals surface area contributed by atoms with Crippen LogP contribution in [0.3, 0.4) is 0 Å². The van der Waals surface area contributed by atoms with Gasteiger partial charge in [0, 0.05) is 19.7 Å². The zero-order chi connectivity index (χ0) is 19.3. The molecule has 0 aromatic carbocycles. The standard InChI is InChI=1S/C16H18F3N3O4/c1-22-15(23)14(25-3)11(8-20-22)10-4-5-13(16(17,18)19)21-12(10)9-26-7-6-24-2/h4-5,8H,6-7,9H2,1-3H3. The monoisotopic (exact) mass is 373 g/mol. The van der Waals surface area contributed by atoms with E-state index < -0.39 is 17.4 Å². The number of nitrogens with zero attached hydrogens (tertiary/aromatic N) is 3. The van der Waals surface area contributed by atoms with Gasteiger partial charge in [-0.25, -0.2) is 9.67 Å². The van der Waals surface area contributed by atoms with Crippen molar-refractivity contribution < 1.29 is 27.4 Å². The van der Waals surface area contributed by atoms with Crippen LogP contribution < -0.4 is 10.3 Å². The average Bonchev–Trinajstić information content (AvgIpc) is 2.60. The van der Waals surface area contributed by atoms with Gasteiger partial charge in [0.1, 0.15) is 5.69 Å². The predicted molar refractivity (Wildman–Crippen MR) is 85.8 cm³/mol. The van der Waals surface area contributed by atoms with Crippen LogP contribution in [0.1, 0.15) is 11.4 Å². The van der Waals surface area contributed by atoms with Crippen LogP contribution in [-0.2, 0) is 29.3 Å². The van der Waals surface area contributed by atoms with Gasteiger partial charge >= 0.3 is 11.7 Å². The number of hydrogen-bond acceptors (Lipinski definition) is 6. The van der Waals surface area contributed by atoms with Crippen LogP contribution in [-0.4, -0.2) is 42.2 Å². The molecule has 0 aliphatic rings. The van der Waals surface area contributed by atoms with Gasteiger partial charge in [-0.15, -0.1) is 0 Å². The lowest BCUT2D eigenvalue weighted by Crippen LogP contribution is -2.21. The number of methoxy groups -OCH3 is 2.